The third-order valence-electron chi connectivity index (χ3n) is 12.6. The molecule has 0 unspecified atom stereocenters. The zero-order chi connectivity index (χ0) is 50.5. The first-order valence-corrected chi connectivity index (χ1v) is 23.4. The van der Waals surface area contributed by atoms with Gasteiger partial charge in [-0.15, -0.1) is 0 Å². The van der Waals surface area contributed by atoms with Crippen LogP contribution in [-0.4, -0.2) is 79.8 Å². The first-order chi connectivity index (χ1) is 34.0. The number of likely N-dealkylation sites (tertiary alicyclic amines) is 1. The minimum absolute atomic E-state index is 0.0225. The quantitative estimate of drug-likeness (QED) is 0.0583. The number of halogens is 6. The zero-order valence-corrected chi connectivity index (χ0v) is 39.2. The van der Waals surface area contributed by atoms with Gasteiger partial charge in [-0.3, -0.25) is 19.6 Å². The molecule has 374 valence electrons. The van der Waals surface area contributed by atoms with E-state index in [1.54, 1.807) is 60.9 Å². The standard InChI is InChI=1S/C26H29F3N6O.C25H27F3N6O/c1-35-12-10-18(11-13-35)22-9-7-20(15-31-22)33-25-32-16-21(26(27,28)29)23(34-25)8-6-17-4-2-3-5-19(17)14-24(30)36;26-25(27,28)20-15-32-24(33-19-6-8-21(31-14-19)17-9-11-30-12-10-17)34-22(20)7-5-16-3-1-2-4-18(16)13-23(29)35/h2-5,7,9,15-16,18H,6,8,10-14H2,1H3,(H2,30,36)(H,32,33,34);1-4,6,8,14-15,17,30H,5,7,9-13H2,(H2,29,35)(H,32,33,34). The SMILES string of the molecule is CN1CCC(c2ccc(Nc3ncc(C(F)(F)F)c(CCc4ccccc4CC(N)=O)n3)cn2)CC1.NC(=O)Cc1ccccc1CCc1nc(Nc2ccc(C3CCNCC3)nc2)ncc1C(F)(F)F. The number of aromatic nitrogens is 6. The molecule has 2 aromatic carbocycles. The van der Waals surface area contributed by atoms with Crippen molar-refractivity contribution in [3.63, 3.8) is 0 Å². The summed E-state index contributed by atoms with van der Waals surface area (Å²) in [6, 6.07) is 21.7. The average Bonchev–Trinajstić information content (AvgIpc) is 3.34. The smallest absolute Gasteiger partial charge is 0.369 e. The fraction of sp³-hybridized carbons (Fsp3) is 0.373. The highest BCUT2D eigenvalue weighted by Crippen LogP contribution is 2.34. The third-order valence-corrected chi connectivity index (χ3v) is 12.6. The number of rotatable bonds is 16. The number of primary amides is 2. The number of anilines is 4. The fourth-order valence-electron chi connectivity index (χ4n) is 8.76. The Kier molecular flexibility index (Phi) is 17.3. The Labute approximate surface area is 407 Å². The molecular weight excluding hydrogens is 927 g/mol. The van der Waals surface area contributed by atoms with Crippen LogP contribution in [0.2, 0.25) is 0 Å². The van der Waals surface area contributed by atoms with Gasteiger partial charge in [-0.2, -0.15) is 26.3 Å². The van der Waals surface area contributed by atoms with Crippen molar-refractivity contribution in [3.05, 3.63) is 154 Å². The molecule has 6 aromatic rings. The predicted molar refractivity (Wildman–Crippen MR) is 257 cm³/mol. The summed E-state index contributed by atoms with van der Waals surface area (Å²) in [4.78, 5) is 50.2. The van der Waals surface area contributed by atoms with E-state index < -0.39 is 35.3 Å². The van der Waals surface area contributed by atoms with Gasteiger partial charge in [0.2, 0.25) is 23.7 Å². The van der Waals surface area contributed by atoms with Gasteiger partial charge in [0.15, 0.2) is 0 Å². The Balaban J connectivity index is 0.000000209. The number of piperidine rings is 2. The molecule has 0 bridgehead atoms. The van der Waals surface area contributed by atoms with E-state index in [2.05, 4.69) is 57.8 Å². The number of pyridine rings is 2. The minimum Gasteiger partial charge on any atom is -0.369 e. The van der Waals surface area contributed by atoms with E-state index in [1.807, 2.05) is 24.3 Å². The molecule has 0 atom stereocenters. The lowest BCUT2D eigenvalue weighted by molar-refractivity contribution is -0.139. The molecule has 2 amide bonds. The molecule has 8 rings (SSSR count). The maximum Gasteiger partial charge on any atom is 0.419 e. The first-order valence-electron chi connectivity index (χ1n) is 23.4. The number of benzene rings is 2. The summed E-state index contributed by atoms with van der Waals surface area (Å²) in [5.41, 5.74) is 14.7. The van der Waals surface area contributed by atoms with E-state index in [0.29, 0.717) is 34.3 Å². The molecule has 0 saturated carbocycles. The van der Waals surface area contributed by atoms with Crippen LogP contribution in [0.25, 0.3) is 0 Å². The maximum absolute atomic E-state index is 13.7. The van der Waals surface area contributed by atoms with Gasteiger partial charge in [-0.1, -0.05) is 48.5 Å². The van der Waals surface area contributed by atoms with Crippen LogP contribution in [0, 0.1) is 0 Å². The number of nitrogens with zero attached hydrogens (tertiary/aromatic N) is 7. The third kappa shape index (κ3) is 15.0. The summed E-state index contributed by atoms with van der Waals surface area (Å²) < 4.78 is 81.9. The van der Waals surface area contributed by atoms with E-state index in [-0.39, 0.29) is 61.8 Å². The number of carbonyl (C=O) groups excluding carboxylic acids is 2. The monoisotopic (exact) mass is 982 g/mol. The predicted octanol–water partition coefficient (Wildman–Crippen LogP) is 8.17. The molecular formula is C51H56F6N12O2. The molecule has 20 heteroatoms. The summed E-state index contributed by atoms with van der Waals surface area (Å²) in [5, 5.41) is 9.26. The minimum atomic E-state index is -4.59. The molecule has 7 N–H and O–H groups in total. The van der Waals surface area contributed by atoms with Gasteiger partial charge in [0.05, 0.1) is 59.1 Å². The van der Waals surface area contributed by atoms with E-state index in [0.717, 1.165) is 86.8 Å². The van der Waals surface area contributed by atoms with E-state index in [4.69, 9.17) is 11.5 Å². The van der Waals surface area contributed by atoms with Crippen molar-refractivity contribution in [3.8, 4) is 0 Å². The molecule has 14 nitrogen and oxygen atoms in total. The first kappa shape index (κ1) is 51.8. The molecule has 2 fully saturated rings. The van der Waals surface area contributed by atoms with Gasteiger partial charge in [-0.05, 0) is 131 Å². The molecule has 2 aliphatic rings. The second-order valence-corrected chi connectivity index (χ2v) is 17.7. The fourth-order valence-corrected chi connectivity index (χ4v) is 8.76. The molecule has 2 saturated heterocycles. The Morgan fingerprint density at radius 2 is 0.986 bits per heavy atom. The summed E-state index contributed by atoms with van der Waals surface area (Å²) in [5.74, 6) is -0.0606. The van der Waals surface area contributed by atoms with Crippen LogP contribution < -0.4 is 27.4 Å². The van der Waals surface area contributed by atoms with E-state index in [9.17, 15) is 35.9 Å². The van der Waals surface area contributed by atoms with Gasteiger partial charge in [-0.25, -0.2) is 19.9 Å². The lowest BCUT2D eigenvalue weighted by atomic mass is 9.93. The summed E-state index contributed by atoms with van der Waals surface area (Å²) >= 11 is 0. The van der Waals surface area contributed by atoms with Crippen molar-refractivity contribution in [2.24, 2.45) is 11.5 Å². The van der Waals surface area contributed by atoms with Gasteiger partial charge in [0, 0.05) is 35.6 Å². The Morgan fingerprint density at radius 3 is 1.37 bits per heavy atom. The molecule has 6 heterocycles. The van der Waals surface area contributed by atoms with Gasteiger partial charge < -0.3 is 32.3 Å². The number of hydrogen-bond acceptors (Lipinski definition) is 12. The number of alkyl halides is 6. The summed E-state index contributed by atoms with van der Waals surface area (Å²) in [6.45, 7) is 3.98. The molecule has 0 spiro atoms. The van der Waals surface area contributed by atoms with Crippen LogP contribution in [0.1, 0.15) is 93.7 Å². The van der Waals surface area contributed by atoms with Crippen molar-refractivity contribution in [1.29, 1.82) is 0 Å². The van der Waals surface area contributed by atoms with Crippen molar-refractivity contribution >= 4 is 35.1 Å². The molecule has 71 heavy (non-hydrogen) atoms. The summed E-state index contributed by atoms with van der Waals surface area (Å²) in [7, 11) is 2.11. The van der Waals surface area contributed by atoms with Crippen molar-refractivity contribution in [2.45, 2.75) is 88.4 Å². The highest BCUT2D eigenvalue weighted by molar-refractivity contribution is 5.77. The van der Waals surface area contributed by atoms with Crippen LogP contribution in [0.4, 0.5) is 49.6 Å². The Bertz CT molecular complexity index is 2720. The lowest BCUT2D eigenvalue weighted by Gasteiger charge is -2.28. The van der Waals surface area contributed by atoms with Gasteiger partial charge in [0.1, 0.15) is 0 Å². The number of nitrogens with two attached hydrogens (primary N) is 2. The highest BCUT2D eigenvalue weighted by atomic mass is 19.4. The molecule has 0 radical (unpaired) electrons. The zero-order valence-electron chi connectivity index (χ0n) is 39.2. The van der Waals surface area contributed by atoms with Crippen LogP contribution in [0.15, 0.2) is 97.6 Å². The maximum atomic E-state index is 13.7. The highest BCUT2D eigenvalue weighted by Gasteiger charge is 2.36. The molecule has 0 aliphatic carbocycles. The Hall–Kier alpha value is -7.06. The van der Waals surface area contributed by atoms with Crippen LogP contribution in [-0.2, 0) is 60.5 Å². The summed E-state index contributed by atoms with van der Waals surface area (Å²) in [6.07, 6.45) is 0.532. The van der Waals surface area contributed by atoms with Crippen molar-refractivity contribution < 1.29 is 35.9 Å². The van der Waals surface area contributed by atoms with E-state index >= 15 is 0 Å². The van der Waals surface area contributed by atoms with Gasteiger partial charge >= 0.3 is 12.4 Å². The van der Waals surface area contributed by atoms with E-state index in [1.165, 1.54) is 0 Å². The Morgan fingerprint density at radius 1 is 0.577 bits per heavy atom. The van der Waals surface area contributed by atoms with Crippen LogP contribution in [0.5, 0.6) is 0 Å². The number of amides is 2. The second-order valence-electron chi connectivity index (χ2n) is 17.7. The number of hydrogen-bond donors (Lipinski definition) is 5. The normalized spacial score (nSPS) is 14.9. The van der Waals surface area contributed by atoms with Crippen molar-refractivity contribution in [2.75, 3.05) is 43.9 Å². The second kappa shape index (κ2) is 23.7. The number of nitrogens with one attached hydrogen (secondary N) is 3. The van der Waals surface area contributed by atoms with Crippen LogP contribution >= 0.6 is 0 Å². The lowest BCUT2D eigenvalue weighted by Crippen LogP contribution is -2.29. The topological polar surface area (TPSA) is 203 Å². The molecule has 2 aliphatic heterocycles. The average molecular weight is 983 g/mol. The largest absolute Gasteiger partial charge is 0.419 e. The molecule has 4 aromatic heterocycles. The van der Waals surface area contributed by atoms with Gasteiger partial charge in [0.25, 0.3) is 0 Å². The van der Waals surface area contributed by atoms with Crippen LogP contribution in [0.3, 0.4) is 0 Å². The van der Waals surface area contributed by atoms with Crippen molar-refractivity contribution in [1.82, 2.24) is 40.1 Å². The number of aryl methyl sites for hydroxylation is 4. The number of carbonyl (C=O) groups is 2.